The normalized spacial score (nSPS) is 19.5. The Labute approximate surface area is 111 Å². The average Bonchev–Trinajstić information content (AvgIpc) is 2.37. The van der Waals surface area contributed by atoms with Crippen LogP contribution in [0.4, 0.5) is 5.82 Å². The maximum Gasteiger partial charge on any atom is 0.220 e. The summed E-state index contributed by atoms with van der Waals surface area (Å²) >= 11 is 6.08. The molecule has 0 aliphatic carbocycles. The number of nitrogens with zero attached hydrogens (tertiary/aromatic N) is 2. The van der Waals surface area contributed by atoms with Crippen molar-refractivity contribution in [1.29, 1.82) is 0 Å². The van der Waals surface area contributed by atoms with Crippen LogP contribution in [0.3, 0.4) is 0 Å². The van der Waals surface area contributed by atoms with Gasteiger partial charge in [-0.25, -0.2) is 9.97 Å². The first-order valence-electron chi connectivity index (χ1n) is 6.16. The highest BCUT2D eigenvalue weighted by Gasteiger charge is 2.19. The van der Waals surface area contributed by atoms with E-state index in [9.17, 15) is 4.79 Å². The molecule has 0 saturated carbocycles. The third-order valence-corrected chi connectivity index (χ3v) is 3.42. The van der Waals surface area contributed by atoms with E-state index >= 15 is 0 Å². The van der Waals surface area contributed by atoms with E-state index in [0.717, 1.165) is 30.0 Å². The predicted octanol–water partition coefficient (Wildman–Crippen LogP) is 1.69. The molecule has 1 saturated heterocycles. The van der Waals surface area contributed by atoms with E-state index in [2.05, 4.69) is 20.6 Å². The molecular formula is C12H17ClN4O. The molecule has 5 nitrogen and oxygen atoms in total. The van der Waals surface area contributed by atoms with Gasteiger partial charge >= 0.3 is 0 Å². The topological polar surface area (TPSA) is 66.9 Å². The number of amides is 1. The fourth-order valence-electron chi connectivity index (χ4n) is 1.88. The number of hydrogen-bond donors (Lipinski definition) is 2. The van der Waals surface area contributed by atoms with Crippen LogP contribution in [0.15, 0.2) is 0 Å². The number of aryl methyl sites for hydroxylation is 1. The minimum atomic E-state index is 0.111. The molecule has 2 rings (SSSR count). The largest absolute Gasteiger partial charge is 0.365 e. The van der Waals surface area contributed by atoms with Crippen LogP contribution in [0, 0.1) is 6.92 Å². The molecule has 1 aromatic rings. The van der Waals surface area contributed by atoms with Gasteiger partial charge in [-0.3, -0.25) is 4.79 Å². The summed E-state index contributed by atoms with van der Waals surface area (Å²) in [7, 11) is 0. The second-order valence-electron chi connectivity index (χ2n) is 4.44. The lowest BCUT2D eigenvalue weighted by atomic mass is 10.1. The molecule has 0 spiro atoms. The summed E-state index contributed by atoms with van der Waals surface area (Å²) in [6.07, 6.45) is 2.11. The number of rotatable bonds is 3. The van der Waals surface area contributed by atoms with Gasteiger partial charge in [0.15, 0.2) is 0 Å². The zero-order chi connectivity index (χ0) is 13.1. The second-order valence-corrected chi connectivity index (χ2v) is 4.80. The van der Waals surface area contributed by atoms with Crippen molar-refractivity contribution in [2.75, 3.05) is 11.9 Å². The Morgan fingerprint density at radius 2 is 2.28 bits per heavy atom. The molecule has 1 aliphatic rings. The van der Waals surface area contributed by atoms with Gasteiger partial charge in [-0.2, -0.15) is 0 Å². The Balaban J connectivity index is 2.13. The van der Waals surface area contributed by atoms with Crippen LogP contribution in [0.25, 0.3) is 0 Å². The van der Waals surface area contributed by atoms with E-state index in [-0.39, 0.29) is 11.9 Å². The van der Waals surface area contributed by atoms with Crippen LogP contribution in [-0.2, 0) is 11.2 Å². The van der Waals surface area contributed by atoms with E-state index in [4.69, 9.17) is 11.6 Å². The third-order valence-electron chi connectivity index (χ3n) is 3.06. The van der Waals surface area contributed by atoms with E-state index in [0.29, 0.717) is 18.1 Å². The monoisotopic (exact) mass is 268 g/mol. The number of anilines is 1. The number of halogens is 1. The Hall–Kier alpha value is -1.36. The number of carbonyl (C=O) groups excluding carboxylic acids is 1. The number of hydrogen-bond acceptors (Lipinski definition) is 4. The molecule has 1 aliphatic heterocycles. The van der Waals surface area contributed by atoms with E-state index in [1.54, 1.807) is 0 Å². The first kappa shape index (κ1) is 13.1. The molecule has 1 amide bonds. The lowest BCUT2D eigenvalue weighted by molar-refractivity contribution is -0.122. The highest BCUT2D eigenvalue weighted by molar-refractivity contribution is 6.30. The van der Waals surface area contributed by atoms with E-state index < -0.39 is 0 Å². The van der Waals surface area contributed by atoms with E-state index in [1.807, 2.05) is 13.8 Å². The Kier molecular flexibility index (Phi) is 4.01. The molecular weight excluding hydrogens is 252 g/mol. The smallest absolute Gasteiger partial charge is 0.220 e. The lowest BCUT2D eigenvalue weighted by Gasteiger charge is -2.24. The van der Waals surface area contributed by atoms with Crippen molar-refractivity contribution in [1.82, 2.24) is 15.3 Å². The van der Waals surface area contributed by atoms with Crippen LogP contribution in [-0.4, -0.2) is 28.5 Å². The van der Waals surface area contributed by atoms with Crippen molar-refractivity contribution in [2.24, 2.45) is 0 Å². The summed E-state index contributed by atoms with van der Waals surface area (Å²) < 4.78 is 0. The molecule has 1 fully saturated rings. The highest BCUT2D eigenvalue weighted by Crippen LogP contribution is 2.21. The van der Waals surface area contributed by atoms with Gasteiger partial charge in [0.05, 0.1) is 0 Å². The van der Waals surface area contributed by atoms with Gasteiger partial charge in [0.1, 0.15) is 16.8 Å². The molecule has 0 radical (unpaired) electrons. The highest BCUT2D eigenvalue weighted by atomic mass is 35.5. The van der Waals surface area contributed by atoms with Gasteiger partial charge < -0.3 is 10.6 Å². The lowest BCUT2D eigenvalue weighted by Crippen LogP contribution is -2.42. The number of carbonyl (C=O) groups is 1. The first-order valence-corrected chi connectivity index (χ1v) is 6.54. The first-order chi connectivity index (χ1) is 8.60. The SMILES string of the molecule is CCc1nc(Cl)c(C)c(NC2CCC(=O)NC2)n1. The molecule has 6 heteroatoms. The van der Waals surface area contributed by atoms with Crippen LogP contribution in [0.2, 0.25) is 5.15 Å². The van der Waals surface area contributed by atoms with Crippen molar-refractivity contribution in [3.8, 4) is 0 Å². The number of nitrogens with one attached hydrogen (secondary N) is 2. The quantitative estimate of drug-likeness (QED) is 0.819. The fourth-order valence-corrected chi connectivity index (χ4v) is 2.07. The van der Waals surface area contributed by atoms with Gasteiger partial charge in [-0.05, 0) is 13.3 Å². The molecule has 18 heavy (non-hydrogen) atoms. The van der Waals surface area contributed by atoms with Crippen LogP contribution in [0.1, 0.15) is 31.2 Å². The number of piperidine rings is 1. The predicted molar refractivity (Wildman–Crippen MR) is 70.8 cm³/mol. The molecule has 1 unspecified atom stereocenters. The summed E-state index contributed by atoms with van der Waals surface area (Å²) in [5.74, 6) is 1.61. The maximum atomic E-state index is 11.1. The van der Waals surface area contributed by atoms with Crippen molar-refractivity contribution >= 4 is 23.3 Å². The fraction of sp³-hybridized carbons (Fsp3) is 0.583. The molecule has 2 heterocycles. The third kappa shape index (κ3) is 2.90. The summed E-state index contributed by atoms with van der Waals surface area (Å²) in [5.41, 5.74) is 0.853. The molecule has 0 aromatic carbocycles. The van der Waals surface area contributed by atoms with Gasteiger partial charge in [0, 0.05) is 31.0 Å². The molecule has 1 atom stereocenters. The standard InChI is InChI=1S/C12H17ClN4O/c1-3-9-16-11(13)7(2)12(17-9)15-8-4-5-10(18)14-6-8/h8H,3-6H2,1-2H3,(H,14,18)(H,15,16,17). The molecule has 0 bridgehead atoms. The van der Waals surface area contributed by atoms with Crippen molar-refractivity contribution in [3.05, 3.63) is 16.5 Å². The van der Waals surface area contributed by atoms with Crippen LogP contribution in [0.5, 0.6) is 0 Å². The Morgan fingerprint density at radius 3 is 2.89 bits per heavy atom. The van der Waals surface area contributed by atoms with Crippen molar-refractivity contribution < 1.29 is 4.79 Å². The molecule has 98 valence electrons. The van der Waals surface area contributed by atoms with Gasteiger partial charge in [-0.1, -0.05) is 18.5 Å². The Bertz CT molecular complexity index is 454. The van der Waals surface area contributed by atoms with Gasteiger partial charge in [0.2, 0.25) is 5.91 Å². The minimum absolute atomic E-state index is 0.111. The summed E-state index contributed by atoms with van der Waals surface area (Å²) in [6.45, 7) is 4.51. The summed E-state index contributed by atoms with van der Waals surface area (Å²) in [5, 5.41) is 6.66. The van der Waals surface area contributed by atoms with Crippen molar-refractivity contribution in [3.63, 3.8) is 0 Å². The average molecular weight is 269 g/mol. The maximum absolute atomic E-state index is 11.1. The van der Waals surface area contributed by atoms with Crippen molar-refractivity contribution in [2.45, 2.75) is 39.2 Å². The van der Waals surface area contributed by atoms with Crippen LogP contribution >= 0.6 is 11.6 Å². The zero-order valence-electron chi connectivity index (χ0n) is 10.6. The summed E-state index contributed by atoms with van der Waals surface area (Å²) in [6, 6.07) is 0.206. The molecule has 2 N–H and O–H groups in total. The summed E-state index contributed by atoms with van der Waals surface area (Å²) in [4.78, 5) is 19.7. The van der Waals surface area contributed by atoms with Gasteiger partial charge in [0.25, 0.3) is 0 Å². The Morgan fingerprint density at radius 1 is 1.50 bits per heavy atom. The minimum Gasteiger partial charge on any atom is -0.365 e. The van der Waals surface area contributed by atoms with E-state index in [1.165, 1.54) is 0 Å². The number of aromatic nitrogens is 2. The zero-order valence-corrected chi connectivity index (χ0v) is 11.3. The second kappa shape index (κ2) is 5.52. The molecule has 1 aromatic heterocycles. The van der Waals surface area contributed by atoms with Crippen LogP contribution < -0.4 is 10.6 Å². The van der Waals surface area contributed by atoms with Gasteiger partial charge in [-0.15, -0.1) is 0 Å².